The maximum absolute atomic E-state index is 12.0. The van der Waals surface area contributed by atoms with E-state index in [0.29, 0.717) is 20.7 Å². The Hall–Kier alpha value is -1.96. The smallest absolute Gasteiger partial charge is 0.338 e. The highest BCUT2D eigenvalue weighted by molar-refractivity contribution is 7.98. The van der Waals surface area contributed by atoms with Gasteiger partial charge in [-0.2, -0.15) is 0 Å². The van der Waals surface area contributed by atoms with E-state index in [4.69, 9.17) is 32.7 Å². The third kappa shape index (κ3) is 5.01. The van der Waals surface area contributed by atoms with Gasteiger partial charge in [-0.3, -0.25) is 10.1 Å². The fraction of sp³-hybridized carbons (Fsp3) is 0.188. The van der Waals surface area contributed by atoms with Crippen LogP contribution in [0.5, 0.6) is 5.75 Å². The van der Waals surface area contributed by atoms with Crippen LogP contribution in [0.4, 0.5) is 5.69 Å². The second-order valence-corrected chi connectivity index (χ2v) is 6.34. The molecule has 0 aliphatic rings. The van der Waals surface area contributed by atoms with Crippen LogP contribution in [-0.2, 0) is 4.74 Å². The van der Waals surface area contributed by atoms with Crippen LogP contribution in [-0.4, -0.2) is 30.4 Å². The maximum Gasteiger partial charge on any atom is 0.338 e. The Morgan fingerprint density at radius 3 is 2.48 bits per heavy atom. The highest BCUT2D eigenvalue weighted by Crippen LogP contribution is 2.32. The summed E-state index contributed by atoms with van der Waals surface area (Å²) in [6.07, 6.45) is 1.72. The molecule has 0 spiro atoms. The Bertz CT molecular complexity index is 780. The van der Waals surface area contributed by atoms with Crippen molar-refractivity contribution in [1.82, 2.24) is 0 Å². The number of nitrogens with zero attached hydrogens (tertiary/aromatic N) is 1. The minimum absolute atomic E-state index is 0.0418. The molecule has 0 N–H and O–H groups in total. The zero-order valence-corrected chi connectivity index (χ0v) is 15.4. The van der Waals surface area contributed by atoms with Gasteiger partial charge < -0.3 is 9.47 Å². The summed E-state index contributed by atoms with van der Waals surface area (Å²) in [4.78, 5) is 23.0. The molecular formula is C16H13Cl2NO5S. The number of esters is 1. The van der Waals surface area contributed by atoms with Crippen LogP contribution in [0.25, 0.3) is 0 Å². The number of hydrogen-bond donors (Lipinski definition) is 0. The third-order valence-corrected chi connectivity index (χ3v) is 4.47. The van der Waals surface area contributed by atoms with E-state index in [2.05, 4.69) is 0 Å². The van der Waals surface area contributed by atoms with E-state index < -0.39 is 10.9 Å². The number of hydrogen-bond acceptors (Lipinski definition) is 6. The first-order valence-corrected chi connectivity index (χ1v) is 8.98. The predicted octanol–water partition coefficient (Wildman–Crippen LogP) is 4.86. The molecule has 0 unspecified atom stereocenters. The van der Waals surface area contributed by atoms with Crippen LogP contribution in [0, 0.1) is 10.1 Å². The van der Waals surface area contributed by atoms with Crippen LogP contribution in [0.15, 0.2) is 41.3 Å². The molecule has 0 radical (unpaired) electrons. The van der Waals surface area contributed by atoms with Crippen LogP contribution in [0.1, 0.15) is 10.4 Å². The summed E-state index contributed by atoms with van der Waals surface area (Å²) < 4.78 is 10.5. The average molecular weight is 402 g/mol. The molecule has 0 saturated heterocycles. The van der Waals surface area contributed by atoms with Gasteiger partial charge in [0.05, 0.1) is 25.4 Å². The number of nitro benzene ring substituents is 1. The molecule has 0 aliphatic carbocycles. The molecular weight excluding hydrogens is 389 g/mol. The molecule has 6 nitrogen and oxygen atoms in total. The minimum atomic E-state index is -0.676. The molecule has 0 aromatic heterocycles. The number of nitro groups is 1. The number of halogens is 2. The second-order valence-electron chi connectivity index (χ2n) is 4.68. The number of ether oxygens (including phenoxy) is 2. The van der Waals surface area contributed by atoms with Gasteiger partial charge >= 0.3 is 5.97 Å². The number of benzene rings is 2. The Balaban J connectivity index is 1.94. The van der Waals surface area contributed by atoms with E-state index in [1.54, 1.807) is 24.5 Å². The predicted molar refractivity (Wildman–Crippen MR) is 97.1 cm³/mol. The summed E-state index contributed by atoms with van der Waals surface area (Å²) in [7, 11) is 0. The number of rotatable bonds is 7. The number of para-hydroxylation sites is 1. The van der Waals surface area contributed by atoms with E-state index in [1.165, 1.54) is 30.0 Å². The van der Waals surface area contributed by atoms with Gasteiger partial charge in [-0.1, -0.05) is 29.3 Å². The van der Waals surface area contributed by atoms with Gasteiger partial charge in [0, 0.05) is 6.07 Å². The molecule has 2 aromatic carbocycles. The van der Waals surface area contributed by atoms with E-state index in [0.717, 1.165) is 0 Å². The number of carbonyl (C=O) groups is 1. The summed E-state index contributed by atoms with van der Waals surface area (Å²) in [5.74, 6) is -0.369. The highest BCUT2D eigenvalue weighted by atomic mass is 35.5. The van der Waals surface area contributed by atoms with E-state index in [-0.39, 0.29) is 24.5 Å². The fourth-order valence-corrected chi connectivity index (χ4v) is 2.99. The van der Waals surface area contributed by atoms with E-state index in [9.17, 15) is 14.9 Å². The van der Waals surface area contributed by atoms with Gasteiger partial charge in [0.15, 0.2) is 5.75 Å². The molecule has 2 rings (SSSR count). The normalized spacial score (nSPS) is 10.4. The molecule has 132 valence electrons. The van der Waals surface area contributed by atoms with Gasteiger partial charge in [0.25, 0.3) is 5.69 Å². The Labute approximate surface area is 158 Å². The summed E-state index contributed by atoms with van der Waals surface area (Å²) in [6, 6.07) is 9.12. The topological polar surface area (TPSA) is 78.7 Å². The van der Waals surface area contributed by atoms with Crippen LogP contribution < -0.4 is 4.74 Å². The van der Waals surface area contributed by atoms with Gasteiger partial charge in [-0.05, 0) is 30.5 Å². The molecule has 25 heavy (non-hydrogen) atoms. The van der Waals surface area contributed by atoms with Crippen molar-refractivity contribution in [3.8, 4) is 5.75 Å². The van der Waals surface area contributed by atoms with Crippen molar-refractivity contribution >= 4 is 46.6 Å². The molecule has 0 atom stereocenters. The van der Waals surface area contributed by atoms with Crippen molar-refractivity contribution in [3.05, 3.63) is 62.1 Å². The second kappa shape index (κ2) is 8.94. The molecule has 0 amide bonds. The van der Waals surface area contributed by atoms with Crippen molar-refractivity contribution < 1.29 is 19.2 Å². The molecule has 0 aliphatic heterocycles. The lowest BCUT2D eigenvalue weighted by molar-refractivity contribution is -0.387. The van der Waals surface area contributed by atoms with Crippen LogP contribution >= 0.6 is 35.0 Å². The van der Waals surface area contributed by atoms with E-state index in [1.807, 2.05) is 0 Å². The maximum atomic E-state index is 12.0. The number of thioether (sulfide) groups is 1. The Kier molecular flexibility index (Phi) is 6.92. The van der Waals surface area contributed by atoms with Gasteiger partial charge in [-0.15, -0.1) is 11.8 Å². The average Bonchev–Trinajstić information content (AvgIpc) is 2.59. The van der Waals surface area contributed by atoms with Crippen molar-refractivity contribution in [1.29, 1.82) is 0 Å². The fourth-order valence-electron chi connectivity index (χ4n) is 1.94. The molecule has 0 saturated carbocycles. The summed E-state index contributed by atoms with van der Waals surface area (Å²) in [6.45, 7) is -0.0152. The lowest BCUT2D eigenvalue weighted by Gasteiger charge is -2.10. The first-order valence-electron chi connectivity index (χ1n) is 7.00. The Morgan fingerprint density at radius 2 is 1.88 bits per heavy atom. The summed E-state index contributed by atoms with van der Waals surface area (Å²) >= 11 is 13.1. The highest BCUT2D eigenvalue weighted by Gasteiger charge is 2.18. The van der Waals surface area contributed by atoms with E-state index >= 15 is 0 Å². The van der Waals surface area contributed by atoms with Crippen LogP contribution in [0.2, 0.25) is 10.0 Å². The molecule has 2 aromatic rings. The third-order valence-electron chi connectivity index (χ3n) is 3.09. The zero-order chi connectivity index (χ0) is 18.4. The lowest BCUT2D eigenvalue weighted by atomic mass is 10.2. The number of carbonyl (C=O) groups excluding carboxylic acids is 1. The molecule has 0 bridgehead atoms. The lowest BCUT2D eigenvalue weighted by Crippen LogP contribution is -2.13. The van der Waals surface area contributed by atoms with Crippen molar-refractivity contribution in [2.24, 2.45) is 0 Å². The molecule has 0 fully saturated rings. The van der Waals surface area contributed by atoms with Gasteiger partial charge in [-0.25, -0.2) is 4.79 Å². The Morgan fingerprint density at radius 1 is 1.20 bits per heavy atom. The van der Waals surface area contributed by atoms with Gasteiger partial charge in [0.1, 0.15) is 13.2 Å². The zero-order valence-electron chi connectivity index (χ0n) is 13.0. The molecule has 0 heterocycles. The minimum Gasteiger partial charge on any atom is -0.487 e. The monoisotopic (exact) mass is 401 g/mol. The molecule has 9 heteroatoms. The van der Waals surface area contributed by atoms with Crippen LogP contribution in [0.3, 0.4) is 0 Å². The first kappa shape index (κ1) is 19.4. The summed E-state index contributed by atoms with van der Waals surface area (Å²) in [5, 5.41) is 11.7. The quantitative estimate of drug-likeness (QED) is 0.216. The standard InChI is InChI=1S/C16H13Cl2NO5S/c1-25-14-6-5-10(9-13(14)19(21)22)16(20)24-8-7-23-15-11(17)3-2-4-12(15)18/h2-6,9H,7-8H2,1H3. The largest absolute Gasteiger partial charge is 0.487 e. The van der Waals surface area contributed by atoms with Crippen molar-refractivity contribution in [2.45, 2.75) is 4.90 Å². The first-order chi connectivity index (χ1) is 11.9. The SMILES string of the molecule is CSc1ccc(C(=O)OCCOc2c(Cl)cccc2Cl)cc1[N+](=O)[O-]. The van der Waals surface area contributed by atoms with Crippen molar-refractivity contribution in [3.63, 3.8) is 0 Å². The summed E-state index contributed by atoms with van der Waals surface area (Å²) in [5.41, 5.74) is -0.0404. The van der Waals surface area contributed by atoms with Gasteiger partial charge in [0.2, 0.25) is 0 Å². The van der Waals surface area contributed by atoms with Crippen molar-refractivity contribution in [2.75, 3.05) is 19.5 Å².